The van der Waals surface area contributed by atoms with Crippen LogP contribution in [0, 0.1) is 17.1 Å². The Hall–Kier alpha value is -2.67. The molecule has 116 valence electrons. The smallest absolute Gasteiger partial charge is 0.254 e. The lowest BCUT2D eigenvalue weighted by atomic mass is 9.94. The summed E-state index contributed by atoms with van der Waals surface area (Å²) in [6.45, 7) is 0.695. The minimum absolute atomic E-state index is 0.0208. The van der Waals surface area contributed by atoms with Crippen molar-refractivity contribution in [2.45, 2.75) is 25.3 Å². The van der Waals surface area contributed by atoms with Crippen molar-refractivity contribution in [1.29, 1.82) is 5.26 Å². The van der Waals surface area contributed by atoms with Crippen LogP contribution < -0.4 is 0 Å². The van der Waals surface area contributed by atoms with Gasteiger partial charge in [-0.2, -0.15) is 5.26 Å². The van der Waals surface area contributed by atoms with Gasteiger partial charge in [-0.05, 0) is 61.2 Å². The van der Waals surface area contributed by atoms with Crippen molar-refractivity contribution in [1.82, 2.24) is 4.90 Å². The number of carbonyl (C=O) groups is 1. The molecule has 1 amide bonds. The predicted molar refractivity (Wildman–Crippen MR) is 85.2 cm³/mol. The first-order valence-corrected chi connectivity index (χ1v) is 7.75. The average molecular weight is 308 g/mol. The maximum atomic E-state index is 13.1. The fourth-order valence-electron chi connectivity index (χ4n) is 3.06. The van der Waals surface area contributed by atoms with Gasteiger partial charge in [0.2, 0.25) is 0 Å². The minimum atomic E-state index is -0.269. The zero-order chi connectivity index (χ0) is 16.2. The Morgan fingerprint density at radius 1 is 1.09 bits per heavy atom. The van der Waals surface area contributed by atoms with E-state index in [1.54, 1.807) is 36.4 Å². The van der Waals surface area contributed by atoms with E-state index in [0.717, 1.165) is 24.8 Å². The highest BCUT2D eigenvalue weighted by Crippen LogP contribution is 2.32. The lowest BCUT2D eigenvalue weighted by Gasteiger charge is -2.36. The predicted octanol–water partition coefficient (Wildman–Crippen LogP) is 4.06. The maximum Gasteiger partial charge on any atom is 0.254 e. The summed E-state index contributed by atoms with van der Waals surface area (Å²) < 4.78 is 13.1. The average Bonchev–Trinajstić information content (AvgIpc) is 2.62. The summed E-state index contributed by atoms with van der Waals surface area (Å²) in [6, 6.07) is 15.1. The molecule has 3 rings (SSSR count). The number of nitrogens with zero attached hydrogens (tertiary/aromatic N) is 2. The van der Waals surface area contributed by atoms with Crippen LogP contribution in [0.5, 0.6) is 0 Å². The quantitative estimate of drug-likeness (QED) is 0.839. The van der Waals surface area contributed by atoms with E-state index in [2.05, 4.69) is 6.07 Å². The van der Waals surface area contributed by atoms with Crippen molar-refractivity contribution in [3.8, 4) is 6.07 Å². The molecule has 0 aromatic heterocycles. The van der Waals surface area contributed by atoms with Crippen LogP contribution in [-0.4, -0.2) is 17.4 Å². The minimum Gasteiger partial charge on any atom is -0.332 e. The van der Waals surface area contributed by atoms with Crippen molar-refractivity contribution < 1.29 is 9.18 Å². The molecule has 1 unspecified atom stereocenters. The number of nitriles is 1. The molecule has 2 aromatic rings. The molecule has 0 radical (unpaired) electrons. The molecule has 23 heavy (non-hydrogen) atoms. The molecule has 4 heteroatoms. The van der Waals surface area contributed by atoms with E-state index in [-0.39, 0.29) is 17.8 Å². The molecule has 0 saturated carbocycles. The normalized spacial score (nSPS) is 17.6. The van der Waals surface area contributed by atoms with Crippen LogP contribution in [0.25, 0.3) is 0 Å². The van der Waals surface area contributed by atoms with Gasteiger partial charge in [-0.1, -0.05) is 12.1 Å². The first-order valence-electron chi connectivity index (χ1n) is 7.75. The van der Waals surface area contributed by atoms with E-state index in [4.69, 9.17) is 5.26 Å². The third-order valence-corrected chi connectivity index (χ3v) is 4.28. The number of hydrogen-bond donors (Lipinski definition) is 0. The molecule has 1 aliphatic rings. The summed E-state index contributed by atoms with van der Waals surface area (Å²) >= 11 is 0. The second kappa shape index (κ2) is 6.62. The van der Waals surface area contributed by atoms with Gasteiger partial charge in [0, 0.05) is 12.1 Å². The van der Waals surface area contributed by atoms with Crippen molar-refractivity contribution in [2.75, 3.05) is 6.54 Å². The van der Waals surface area contributed by atoms with Gasteiger partial charge in [0.05, 0.1) is 17.7 Å². The number of likely N-dealkylation sites (tertiary alicyclic amines) is 1. The first-order chi connectivity index (χ1) is 11.2. The summed E-state index contributed by atoms with van der Waals surface area (Å²) in [7, 11) is 0. The molecule has 1 fully saturated rings. The van der Waals surface area contributed by atoms with Gasteiger partial charge < -0.3 is 4.90 Å². The number of halogens is 1. The van der Waals surface area contributed by atoms with Crippen LogP contribution >= 0.6 is 0 Å². The Morgan fingerprint density at radius 2 is 1.78 bits per heavy atom. The fourth-order valence-corrected chi connectivity index (χ4v) is 3.06. The van der Waals surface area contributed by atoms with Crippen LogP contribution in [-0.2, 0) is 0 Å². The number of amides is 1. The molecular formula is C19H17FN2O. The van der Waals surface area contributed by atoms with Crippen LogP contribution in [0.2, 0.25) is 0 Å². The molecule has 3 nitrogen and oxygen atoms in total. The molecule has 1 atom stereocenters. The number of carbonyl (C=O) groups excluding carboxylic acids is 1. The number of hydrogen-bond acceptors (Lipinski definition) is 2. The van der Waals surface area contributed by atoms with E-state index >= 15 is 0 Å². The van der Waals surface area contributed by atoms with Crippen molar-refractivity contribution in [3.05, 3.63) is 71.0 Å². The standard InChI is InChI=1S/C19H17FN2O/c20-17-10-8-15(9-11-17)18-3-1-2-12-22(18)19(23)16-6-4-14(13-21)5-7-16/h4-11,18H,1-3,12H2. The Kier molecular flexibility index (Phi) is 4.38. The summed E-state index contributed by atoms with van der Waals surface area (Å²) in [4.78, 5) is 14.7. The Balaban J connectivity index is 1.86. The topological polar surface area (TPSA) is 44.1 Å². The SMILES string of the molecule is N#Cc1ccc(C(=O)N2CCCCC2c2ccc(F)cc2)cc1. The van der Waals surface area contributed by atoms with Gasteiger partial charge in [-0.3, -0.25) is 4.79 Å². The van der Waals surface area contributed by atoms with E-state index < -0.39 is 0 Å². The third kappa shape index (κ3) is 3.24. The van der Waals surface area contributed by atoms with Gasteiger partial charge in [0.25, 0.3) is 5.91 Å². The summed E-state index contributed by atoms with van der Waals surface area (Å²) in [6.07, 6.45) is 2.91. The Labute approximate surface area is 135 Å². The molecule has 0 spiro atoms. The highest BCUT2D eigenvalue weighted by molar-refractivity contribution is 5.94. The van der Waals surface area contributed by atoms with Crippen LogP contribution in [0.3, 0.4) is 0 Å². The zero-order valence-corrected chi connectivity index (χ0v) is 12.7. The summed E-state index contributed by atoms with van der Waals surface area (Å²) in [5, 5.41) is 8.85. The van der Waals surface area contributed by atoms with Gasteiger partial charge >= 0.3 is 0 Å². The molecule has 1 heterocycles. The Bertz CT molecular complexity index is 731. The largest absolute Gasteiger partial charge is 0.332 e. The van der Waals surface area contributed by atoms with Crippen molar-refractivity contribution >= 4 is 5.91 Å². The van der Waals surface area contributed by atoms with Crippen molar-refractivity contribution in [2.24, 2.45) is 0 Å². The monoisotopic (exact) mass is 308 g/mol. The first kappa shape index (κ1) is 15.2. The zero-order valence-electron chi connectivity index (χ0n) is 12.7. The van der Waals surface area contributed by atoms with Crippen molar-refractivity contribution in [3.63, 3.8) is 0 Å². The molecule has 1 saturated heterocycles. The lowest BCUT2D eigenvalue weighted by Crippen LogP contribution is -2.38. The highest BCUT2D eigenvalue weighted by atomic mass is 19.1. The lowest BCUT2D eigenvalue weighted by molar-refractivity contribution is 0.0611. The summed E-state index contributed by atoms with van der Waals surface area (Å²) in [5.41, 5.74) is 2.08. The third-order valence-electron chi connectivity index (χ3n) is 4.28. The number of rotatable bonds is 2. The van der Waals surface area contributed by atoms with Gasteiger partial charge in [-0.15, -0.1) is 0 Å². The van der Waals surface area contributed by atoms with E-state index in [1.165, 1.54) is 12.1 Å². The van der Waals surface area contributed by atoms with Gasteiger partial charge in [0.15, 0.2) is 0 Å². The molecule has 0 aliphatic carbocycles. The summed E-state index contributed by atoms with van der Waals surface area (Å²) in [5.74, 6) is -0.307. The number of benzene rings is 2. The van der Waals surface area contributed by atoms with Crippen LogP contribution in [0.4, 0.5) is 4.39 Å². The molecular weight excluding hydrogens is 291 g/mol. The second-order valence-corrected chi connectivity index (χ2v) is 5.75. The van der Waals surface area contributed by atoms with Gasteiger partial charge in [-0.25, -0.2) is 4.39 Å². The Morgan fingerprint density at radius 3 is 2.43 bits per heavy atom. The van der Waals surface area contributed by atoms with Gasteiger partial charge in [0.1, 0.15) is 5.82 Å². The highest BCUT2D eigenvalue weighted by Gasteiger charge is 2.28. The second-order valence-electron chi connectivity index (χ2n) is 5.75. The van der Waals surface area contributed by atoms with E-state index in [9.17, 15) is 9.18 Å². The van der Waals surface area contributed by atoms with Crippen LogP contribution in [0.1, 0.15) is 46.8 Å². The fraction of sp³-hybridized carbons (Fsp3) is 0.263. The molecule has 0 bridgehead atoms. The number of piperidine rings is 1. The molecule has 1 aliphatic heterocycles. The van der Waals surface area contributed by atoms with Crippen LogP contribution in [0.15, 0.2) is 48.5 Å². The molecule has 2 aromatic carbocycles. The molecule has 0 N–H and O–H groups in total. The van der Waals surface area contributed by atoms with E-state index in [1.807, 2.05) is 4.90 Å². The maximum absolute atomic E-state index is 13.1. The van der Waals surface area contributed by atoms with E-state index in [0.29, 0.717) is 17.7 Å².